The van der Waals surface area contributed by atoms with Crippen molar-refractivity contribution in [3.63, 3.8) is 0 Å². The van der Waals surface area contributed by atoms with E-state index >= 15 is 0 Å². The lowest BCUT2D eigenvalue weighted by Gasteiger charge is -2.25. The number of esters is 1. The summed E-state index contributed by atoms with van der Waals surface area (Å²) in [6.45, 7) is 1.39. The van der Waals surface area contributed by atoms with E-state index in [1.165, 1.54) is 0 Å². The van der Waals surface area contributed by atoms with Crippen molar-refractivity contribution in [2.75, 3.05) is 24.7 Å². The van der Waals surface area contributed by atoms with Gasteiger partial charge in [0, 0.05) is 5.02 Å². The fourth-order valence-corrected chi connectivity index (χ4v) is 5.54. The first-order chi connectivity index (χ1) is 12.2. The molecule has 1 aromatic carbocycles. The van der Waals surface area contributed by atoms with Gasteiger partial charge in [0.25, 0.3) is 5.91 Å². The Bertz CT molecular complexity index is 840. The zero-order valence-electron chi connectivity index (χ0n) is 14.3. The molecule has 3 rings (SSSR count). The number of benzene rings is 1. The van der Waals surface area contributed by atoms with E-state index in [4.69, 9.17) is 21.1 Å². The molecule has 0 aromatic heterocycles. The zero-order valence-corrected chi connectivity index (χ0v) is 15.9. The Morgan fingerprint density at radius 2 is 2.19 bits per heavy atom. The van der Waals surface area contributed by atoms with Crippen LogP contribution in [-0.2, 0) is 30.6 Å². The van der Waals surface area contributed by atoms with E-state index in [-0.39, 0.29) is 18.1 Å². The van der Waals surface area contributed by atoms with E-state index in [0.29, 0.717) is 23.6 Å². The number of amides is 1. The molecule has 1 N–H and O–H groups in total. The Morgan fingerprint density at radius 1 is 1.42 bits per heavy atom. The molecule has 1 fully saturated rings. The van der Waals surface area contributed by atoms with Gasteiger partial charge in [0.15, 0.2) is 16.4 Å². The molecule has 1 amide bonds. The van der Waals surface area contributed by atoms with Crippen LogP contribution in [0, 0.1) is 5.92 Å². The van der Waals surface area contributed by atoms with E-state index in [1.54, 1.807) is 25.1 Å². The van der Waals surface area contributed by atoms with Crippen molar-refractivity contribution < 1.29 is 27.5 Å². The van der Waals surface area contributed by atoms with Gasteiger partial charge in [-0.25, -0.2) is 8.42 Å². The second-order valence-corrected chi connectivity index (χ2v) is 9.64. The number of nitrogens with one attached hydrogen (secondary N) is 1. The fourth-order valence-electron chi connectivity index (χ4n) is 3.25. The van der Waals surface area contributed by atoms with Gasteiger partial charge in [0.2, 0.25) is 0 Å². The van der Waals surface area contributed by atoms with Crippen molar-refractivity contribution in [1.82, 2.24) is 5.32 Å². The van der Waals surface area contributed by atoms with Crippen LogP contribution < -0.4 is 10.1 Å². The van der Waals surface area contributed by atoms with Gasteiger partial charge in [0.1, 0.15) is 12.4 Å². The van der Waals surface area contributed by atoms with Crippen molar-refractivity contribution in [3.05, 3.63) is 28.8 Å². The molecule has 2 aliphatic rings. The Kier molecular flexibility index (Phi) is 5.16. The molecule has 0 spiro atoms. The predicted octanol–water partition coefficient (Wildman–Crippen LogP) is 1.13. The number of hydrogen-bond acceptors (Lipinski definition) is 6. The van der Waals surface area contributed by atoms with E-state index in [9.17, 15) is 18.0 Å². The summed E-state index contributed by atoms with van der Waals surface area (Å²) in [5.41, 5.74) is 0.00483. The van der Waals surface area contributed by atoms with E-state index in [2.05, 4.69) is 5.32 Å². The van der Waals surface area contributed by atoms with E-state index < -0.39 is 39.8 Å². The molecule has 2 aliphatic heterocycles. The summed E-state index contributed by atoms with van der Waals surface area (Å²) in [6, 6.07) is 5.21. The van der Waals surface area contributed by atoms with Crippen LogP contribution in [0.15, 0.2) is 18.2 Å². The summed E-state index contributed by atoms with van der Waals surface area (Å²) in [7, 11) is -3.13. The largest absolute Gasteiger partial charge is 0.492 e. The summed E-state index contributed by atoms with van der Waals surface area (Å²) in [4.78, 5) is 24.2. The highest BCUT2D eigenvalue weighted by Crippen LogP contribution is 2.30. The van der Waals surface area contributed by atoms with Gasteiger partial charge >= 0.3 is 5.97 Å². The fraction of sp³-hybridized carbons (Fsp3) is 0.529. The third-order valence-electron chi connectivity index (χ3n) is 4.55. The summed E-state index contributed by atoms with van der Waals surface area (Å²) in [6.07, 6.45) is 0.773. The normalized spacial score (nSPS) is 26.5. The topological polar surface area (TPSA) is 98.8 Å². The van der Waals surface area contributed by atoms with Crippen LogP contribution in [0.25, 0.3) is 0 Å². The summed E-state index contributed by atoms with van der Waals surface area (Å²) < 4.78 is 33.8. The molecule has 2 heterocycles. The van der Waals surface area contributed by atoms with E-state index in [0.717, 1.165) is 5.56 Å². The monoisotopic (exact) mass is 401 g/mol. The van der Waals surface area contributed by atoms with Gasteiger partial charge in [-0.1, -0.05) is 11.6 Å². The minimum Gasteiger partial charge on any atom is -0.492 e. The highest BCUT2D eigenvalue weighted by Gasteiger charge is 2.39. The minimum absolute atomic E-state index is 0.0466. The lowest BCUT2D eigenvalue weighted by molar-refractivity contribution is -0.154. The number of carbonyl (C=O) groups is 2. The van der Waals surface area contributed by atoms with Crippen LogP contribution in [0.1, 0.15) is 18.9 Å². The quantitative estimate of drug-likeness (QED) is 0.759. The van der Waals surface area contributed by atoms with Gasteiger partial charge in [-0.15, -0.1) is 0 Å². The van der Waals surface area contributed by atoms with Crippen molar-refractivity contribution in [3.8, 4) is 5.75 Å². The number of ether oxygens (including phenoxy) is 2. The van der Waals surface area contributed by atoms with Gasteiger partial charge in [-0.3, -0.25) is 9.59 Å². The summed E-state index contributed by atoms with van der Waals surface area (Å²) in [5, 5.41) is 3.20. The highest BCUT2D eigenvalue weighted by atomic mass is 35.5. The average molecular weight is 402 g/mol. The maximum atomic E-state index is 12.2. The Labute approximate surface area is 156 Å². The Morgan fingerprint density at radius 3 is 2.88 bits per heavy atom. The second-order valence-electron chi connectivity index (χ2n) is 7.02. The van der Waals surface area contributed by atoms with Gasteiger partial charge in [-0.2, -0.15) is 0 Å². The third-order valence-corrected chi connectivity index (χ3v) is 6.69. The van der Waals surface area contributed by atoms with Crippen molar-refractivity contribution in [2.24, 2.45) is 5.92 Å². The maximum absolute atomic E-state index is 12.2. The Balaban J connectivity index is 1.51. The van der Waals surface area contributed by atoms with Gasteiger partial charge < -0.3 is 14.8 Å². The van der Waals surface area contributed by atoms with Crippen molar-refractivity contribution in [2.45, 2.75) is 25.3 Å². The third kappa shape index (κ3) is 4.48. The number of carbonyl (C=O) groups excluding carboxylic acids is 2. The number of hydrogen-bond donors (Lipinski definition) is 1. The maximum Gasteiger partial charge on any atom is 0.313 e. The molecule has 0 aliphatic carbocycles. The summed E-state index contributed by atoms with van der Waals surface area (Å²) in [5.74, 6) is -0.936. The summed E-state index contributed by atoms with van der Waals surface area (Å²) >= 11 is 5.95. The molecule has 26 heavy (non-hydrogen) atoms. The first-order valence-electron chi connectivity index (χ1n) is 8.25. The highest BCUT2D eigenvalue weighted by molar-refractivity contribution is 7.91. The smallest absolute Gasteiger partial charge is 0.313 e. The average Bonchev–Trinajstić information content (AvgIpc) is 2.84. The standard InChI is InChI=1S/C17H20ClNO6S/c1-17(4-5-26(22,23)10-17)19-15(20)9-25-16(21)12-6-11-7-13(18)2-3-14(11)24-8-12/h2-3,7,12H,4-6,8-10H2,1H3,(H,19,20)/t12-,17+/m1/s1. The molecule has 142 valence electrons. The van der Waals surface area contributed by atoms with Crippen LogP contribution >= 0.6 is 11.6 Å². The number of sulfone groups is 1. The minimum atomic E-state index is -3.13. The van der Waals surface area contributed by atoms with Crippen LogP contribution in [0.5, 0.6) is 5.75 Å². The molecule has 0 saturated carbocycles. The molecule has 0 bridgehead atoms. The molecule has 1 saturated heterocycles. The second kappa shape index (κ2) is 7.08. The Hall–Kier alpha value is -1.80. The number of fused-ring (bicyclic) bond motifs is 1. The number of rotatable bonds is 4. The molecule has 7 nitrogen and oxygen atoms in total. The number of halogens is 1. The SMILES string of the molecule is C[C@]1(NC(=O)COC(=O)[C@H]2COc3ccc(Cl)cc3C2)CCS(=O)(=O)C1. The van der Waals surface area contributed by atoms with Crippen molar-refractivity contribution >= 4 is 33.3 Å². The molecule has 1 aromatic rings. The van der Waals surface area contributed by atoms with Crippen LogP contribution in [0.2, 0.25) is 5.02 Å². The van der Waals surface area contributed by atoms with Crippen LogP contribution in [0.4, 0.5) is 0 Å². The van der Waals surface area contributed by atoms with Crippen LogP contribution in [0.3, 0.4) is 0 Å². The van der Waals surface area contributed by atoms with Gasteiger partial charge in [0.05, 0.1) is 23.0 Å². The lowest BCUT2D eigenvalue weighted by Crippen LogP contribution is -2.48. The molecule has 9 heteroatoms. The van der Waals surface area contributed by atoms with Crippen molar-refractivity contribution in [1.29, 1.82) is 0 Å². The molecular weight excluding hydrogens is 382 g/mol. The molecule has 0 radical (unpaired) electrons. The zero-order chi connectivity index (χ0) is 18.9. The lowest BCUT2D eigenvalue weighted by atomic mass is 9.97. The predicted molar refractivity (Wildman–Crippen MR) is 94.9 cm³/mol. The first-order valence-corrected chi connectivity index (χ1v) is 10.5. The van der Waals surface area contributed by atoms with Gasteiger partial charge in [-0.05, 0) is 43.5 Å². The molecular formula is C17H20ClNO6S. The van der Waals surface area contributed by atoms with Crippen LogP contribution in [-0.4, -0.2) is 50.6 Å². The molecule has 0 unspecified atom stereocenters. The van der Waals surface area contributed by atoms with E-state index in [1.807, 2.05) is 0 Å². The molecule has 2 atom stereocenters. The first kappa shape index (κ1) is 19.0.